The van der Waals surface area contributed by atoms with Crippen LogP contribution in [0.15, 0.2) is 54.6 Å². The Bertz CT molecular complexity index is 869. The van der Waals surface area contributed by atoms with E-state index in [4.69, 9.17) is 4.55 Å². The van der Waals surface area contributed by atoms with Crippen LogP contribution in [0.5, 0.6) is 5.75 Å². The maximum atomic E-state index is 10.7. The van der Waals surface area contributed by atoms with Crippen LogP contribution in [0.1, 0.15) is 0 Å². The highest BCUT2D eigenvalue weighted by Crippen LogP contribution is 2.28. The zero-order valence-electron chi connectivity index (χ0n) is 9.78. The zero-order valence-corrected chi connectivity index (χ0v) is 10.6. The summed E-state index contributed by atoms with van der Waals surface area (Å²) in [5.74, 6) is 0.0882. The molecule has 0 aliphatic carbocycles. The van der Waals surface area contributed by atoms with Crippen molar-refractivity contribution in [2.24, 2.45) is 0 Å². The molecule has 19 heavy (non-hydrogen) atoms. The summed E-state index contributed by atoms with van der Waals surface area (Å²) in [4.78, 5) is 0. The fourth-order valence-corrected chi connectivity index (χ4v) is 2.51. The Labute approximate surface area is 110 Å². The molecule has 0 spiro atoms. The summed E-state index contributed by atoms with van der Waals surface area (Å²) < 4.78 is 34.5. The zero-order chi connectivity index (χ0) is 13.5. The van der Waals surface area contributed by atoms with Gasteiger partial charge in [-0.15, -0.1) is 0 Å². The molecule has 1 N–H and O–H groups in total. The van der Waals surface area contributed by atoms with Crippen molar-refractivity contribution in [2.75, 3.05) is 0 Å². The van der Waals surface area contributed by atoms with Gasteiger partial charge in [0.2, 0.25) is 0 Å². The van der Waals surface area contributed by atoms with Crippen molar-refractivity contribution in [1.82, 2.24) is 0 Å². The molecule has 0 radical (unpaired) electrons. The molecule has 0 fully saturated rings. The van der Waals surface area contributed by atoms with Crippen LogP contribution in [-0.2, 0) is 10.4 Å². The van der Waals surface area contributed by atoms with Crippen molar-refractivity contribution in [3.63, 3.8) is 0 Å². The van der Waals surface area contributed by atoms with Gasteiger partial charge in [-0.25, -0.2) is 0 Å². The normalized spacial score (nSPS) is 11.8. The second-order valence-electron chi connectivity index (χ2n) is 4.18. The van der Waals surface area contributed by atoms with Gasteiger partial charge in [0.05, 0.1) is 0 Å². The molecule has 0 atom stereocenters. The summed E-state index contributed by atoms with van der Waals surface area (Å²) in [5.41, 5.74) is 0. The lowest BCUT2D eigenvalue weighted by Crippen LogP contribution is -2.06. The van der Waals surface area contributed by atoms with Gasteiger partial charge >= 0.3 is 10.4 Å². The van der Waals surface area contributed by atoms with Crippen LogP contribution in [0.3, 0.4) is 0 Å². The first kappa shape index (κ1) is 12.0. The summed E-state index contributed by atoms with van der Waals surface area (Å²) >= 11 is 0. The van der Waals surface area contributed by atoms with E-state index in [0.29, 0.717) is 0 Å². The molecule has 0 heterocycles. The van der Waals surface area contributed by atoms with Crippen molar-refractivity contribution in [3.05, 3.63) is 54.6 Å². The maximum Gasteiger partial charge on any atom is 0.446 e. The Morgan fingerprint density at radius 3 is 2.32 bits per heavy atom. The highest BCUT2D eigenvalue weighted by Gasteiger charge is 2.08. The quantitative estimate of drug-likeness (QED) is 0.576. The lowest BCUT2D eigenvalue weighted by Gasteiger charge is -2.06. The standard InChI is InChI=1S/C14H10O4S/c15-19(16,17)18-12-7-8-14-11(9-12)6-5-10-3-1-2-4-13(10)14/h1-9H,(H,15,16,17). The van der Waals surface area contributed by atoms with Crippen molar-refractivity contribution < 1.29 is 17.2 Å². The van der Waals surface area contributed by atoms with Crippen molar-refractivity contribution in [2.45, 2.75) is 0 Å². The van der Waals surface area contributed by atoms with Crippen LogP contribution in [0.4, 0.5) is 0 Å². The molecule has 0 aliphatic rings. The van der Waals surface area contributed by atoms with E-state index < -0.39 is 10.4 Å². The molecule has 0 aliphatic heterocycles. The summed E-state index contributed by atoms with van der Waals surface area (Å²) in [6, 6.07) is 16.6. The molecular formula is C14H10O4S. The number of fused-ring (bicyclic) bond motifs is 3. The molecule has 0 saturated heterocycles. The Kier molecular flexibility index (Phi) is 2.66. The monoisotopic (exact) mass is 274 g/mol. The molecule has 5 heteroatoms. The van der Waals surface area contributed by atoms with Gasteiger partial charge in [-0.05, 0) is 33.7 Å². The lowest BCUT2D eigenvalue weighted by atomic mass is 10.0. The van der Waals surface area contributed by atoms with Gasteiger partial charge in [0.25, 0.3) is 0 Å². The van der Waals surface area contributed by atoms with E-state index >= 15 is 0 Å². The van der Waals surface area contributed by atoms with Gasteiger partial charge in [-0.3, -0.25) is 4.55 Å². The first-order chi connectivity index (χ1) is 9.03. The summed E-state index contributed by atoms with van der Waals surface area (Å²) in [6.07, 6.45) is 0. The lowest BCUT2D eigenvalue weighted by molar-refractivity contribution is 0.387. The third-order valence-corrected chi connectivity index (χ3v) is 3.32. The fraction of sp³-hybridized carbons (Fsp3) is 0. The molecule has 0 bridgehead atoms. The average molecular weight is 274 g/mol. The van der Waals surface area contributed by atoms with Crippen molar-refractivity contribution in [1.29, 1.82) is 0 Å². The predicted molar refractivity (Wildman–Crippen MR) is 73.6 cm³/mol. The van der Waals surface area contributed by atoms with E-state index in [1.54, 1.807) is 12.1 Å². The van der Waals surface area contributed by atoms with Gasteiger partial charge in [0, 0.05) is 0 Å². The van der Waals surface area contributed by atoms with Crippen LogP contribution < -0.4 is 4.18 Å². The number of benzene rings is 3. The van der Waals surface area contributed by atoms with Crippen LogP contribution in [-0.4, -0.2) is 13.0 Å². The topological polar surface area (TPSA) is 63.6 Å². The fourth-order valence-electron chi connectivity index (χ4n) is 2.16. The molecule has 0 aromatic heterocycles. The summed E-state index contributed by atoms with van der Waals surface area (Å²) in [7, 11) is -4.49. The van der Waals surface area contributed by atoms with Crippen LogP contribution >= 0.6 is 0 Å². The van der Waals surface area contributed by atoms with Crippen molar-refractivity contribution in [3.8, 4) is 5.75 Å². The van der Waals surface area contributed by atoms with E-state index in [1.807, 2.05) is 36.4 Å². The molecule has 3 aromatic carbocycles. The van der Waals surface area contributed by atoms with Gasteiger partial charge in [-0.2, -0.15) is 8.42 Å². The minimum atomic E-state index is -4.49. The van der Waals surface area contributed by atoms with Gasteiger partial charge in [0.15, 0.2) is 0 Å². The third-order valence-electron chi connectivity index (χ3n) is 2.92. The molecule has 96 valence electrons. The molecular weight excluding hydrogens is 264 g/mol. The Hall–Kier alpha value is -2.11. The van der Waals surface area contributed by atoms with Crippen molar-refractivity contribution >= 4 is 31.9 Å². The van der Waals surface area contributed by atoms with Crippen LogP contribution in [0.2, 0.25) is 0 Å². The minimum Gasteiger partial charge on any atom is -0.362 e. The molecule has 3 rings (SSSR count). The molecule has 0 unspecified atom stereocenters. The van der Waals surface area contributed by atoms with Gasteiger partial charge < -0.3 is 4.18 Å². The second kappa shape index (κ2) is 4.22. The Balaban J connectivity index is 2.22. The van der Waals surface area contributed by atoms with E-state index in [9.17, 15) is 8.42 Å². The first-order valence-corrected chi connectivity index (χ1v) is 6.98. The predicted octanol–water partition coefficient (Wildman–Crippen LogP) is 3.17. The van der Waals surface area contributed by atoms with Crippen LogP contribution in [0, 0.1) is 0 Å². The van der Waals surface area contributed by atoms with E-state index in [2.05, 4.69) is 4.18 Å². The number of rotatable bonds is 2. The van der Waals surface area contributed by atoms with Gasteiger partial charge in [-0.1, -0.05) is 42.5 Å². The minimum absolute atomic E-state index is 0.0882. The SMILES string of the molecule is O=S(=O)(O)Oc1ccc2c(ccc3ccccc32)c1. The number of hydrogen-bond donors (Lipinski definition) is 1. The van der Waals surface area contributed by atoms with Crippen LogP contribution in [0.25, 0.3) is 21.5 Å². The molecule has 3 aromatic rings. The first-order valence-electron chi connectivity index (χ1n) is 5.61. The smallest absolute Gasteiger partial charge is 0.362 e. The molecule has 4 nitrogen and oxygen atoms in total. The highest BCUT2D eigenvalue weighted by molar-refractivity contribution is 7.81. The summed E-state index contributed by atoms with van der Waals surface area (Å²) in [6.45, 7) is 0. The largest absolute Gasteiger partial charge is 0.446 e. The van der Waals surface area contributed by atoms with Gasteiger partial charge in [0.1, 0.15) is 5.75 Å². The Morgan fingerprint density at radius 1 is 0.842 bits per heavy atom. The summed E-state index contributed by atoms with van der Waals surface area (Å²) in [5, 5.41) is 4.04. The second-order valence-corrected chi connectivity index (χ2v) is 5.20. The van der Waals surface area contributed by atoms with E-state index in [-0.39, 0.29) is 5.75 Å². The molecule has 0 amide bonds. The number of hydrogen-bond acceptors (Lipinski definition) is 3. The van der Waals surface area contributed by atoms with E-state index in [0.717, 1.165) is 21.5 Å². The average Bonchev–Trinajstić information content (AvgIpc) is 2.36. The highest BCUT2D eigenvalue weighted by atomic mass is 32.3. The molecule has 0 saturated carbocycles. The Morgan fingerprint density at radius 2 is 1.53 bits per heavy atom. The third kappa shape index (κ3) is 2.38. The van der Waals surface area contributed by atoms with E-state index in [1.165, 1.54) is 6.07 Å². The maximum absolute atomic E-state index is 10.7.